The zero-order valence-corrected chi connectivity index (χ0v) is 21.0. The molecular weight excluding hydrogens is 516 g/mol. The van der Waals surface area contributed by atoms with E-state index < -0.39 is 11.7 Å². The number of anilines is 1. The Bertz CT molecular complexity index is 1550. The van der Waals surface area contributed by atoms with Crippen molar-refractivity contribution in [1.82, 2.24) is 14.9 Å². The molecule has 0 spiro atoms. The molecule has 0 atom stereocenters. The van der Waals surface area contributed by atoms with Crippen LogP contribution in [0.3, 0.4) is 0 Å². The molecule has 4 rings (SSSR count). The van der Waals surface area contributed by atoms with E-state index in [1.54, 1.807) is 42.6 Å². The van der Waals surface area contributed by atoms with E-state index in [9.17, 15) is 14.0 Å². The van der Waals surface area contributed by atoms with E-state index in [1.165, 1.54) is 35.2 Å². The van der Waals surface area contributed by atoms with Gasteiger partial charge in [-0.2, -0.15) is 0 Å². The lowest BCUT2D eigenvalue weighted by Crippen LogP contribution is -2.30. The van der Waals surface area contributed by atoms with Gasteiger partial charge in [0.15, 0.2) is 0 Å². The second kappa shape index (κ2) is 11.4. The highest BCUT2D eigenvalue weighted by molar-refractivity contribution is 6.31. The molecular formula is C27H22Cl2FN5O2. The average molecular weight is 538 g/mol. The molecule has 0 saturated carbocycles. The average Bonchev–Trinajstić information content (AvgIpc) is 2.88. The first kappa shape index (κ1) is 26.1. The van der Waals surface area contributed by atoms with Gasteiger partial charge >= 0.3 is 0 Å². The first-order valence-electron chi connectivity index (χ1n) is 11.2. The van der Waals surface area contributed by atoms with E-state index >= 15 is 0 Å². The second-order valence-corrected chi connectivity index (χ2v) is 9.20. The van der Waals surface area contributed by atoms with Gasteiger partial charge in [-0.1, -0.05) is 29.3 Å². The van der Waals surface area contributed by atoms with Crippen LogP contribution in [0.15, 0.2) is 78.0 Å². The first-order chi connectivity index (χ1) is 17.7. The monoisotopic (exact) mass is 537 g/mol. The number of halogens is 3. The fourth-order valence-electron chi connectivity index (χ4n) is 3.74. The Morgan fingerprint density at radius 3 is 2.68 bits per heavy atom. The van der Waals surface area contributed by atoms with Crippen LogP contribution >= 0.6 is 23.2 Å². The summed E-state index contributed by atoms with van der Waals surface area (Å²) >= 11 is 12.4. The number of benzene rings is 2. The summed E-state index contributed by atoms with van der Waals surface area (Å²) in [6.07, 6.45) is 4.69. The van der Waals surface area contributed by atoms with Crippen molar-refractivity contribution in [2.75, 3.05) is 12.3 Å². The van der Waals surface area contributed by atoms with Crippen molar-refractivity contribution in [3.63, 3.8) is 0 Å². The van der Waals surface area contributed by atoms with Gasteiger partial charge in [0.2, 0.25) is 0 Å². The van der Waals surface area contributed by atoms with Crippen LogP contribution in [0.2, 0.25) is 10.0 Å². The number of hydrogen-bond acceptors (Lipinski definition) is 5. The van der Waals surface area contributed by atoms with E-state index in [0.29, 0.717) is 38.0 Å². The van der Waals surface area contributed by atoms with Gasteiger partial charge in [-0.25, -0.2) is 4.39 Å². The topological polar surface area (TPSA) is 114 Å². The number of nitrogen functional groups attached to an aromatic ring is 1. The summed E-state index contributed by atoms with van der Waals surface area (Å²) in [5.41, 5.74) is 8.28. The summed E-state index contributed by atoms with van der Waals surface area (Å²) in [6.45, 7) is 0.0760. The van der Waals surface area contributed by atoms with E-state index in [0.717, 1.165) is 0 Å². The van der Waals surface area contributed by atoms with Gasteiger partial charge in [0.1, 0.15) is 5.82 Å². The number of nitrogens with two attached hydrogens (primary N) is 1. The van der Waals surface area contributed by atoms with E-state index in [2.05, 4.69) is 10.3 Å². The van der Waals surface area contributed by atoms with Crippen molar-refractivity contribution in [1.29, 1.82) is 5.41 Å². The summed E-state index contributed by atoms with van der Waals surface area (Å²) in [7, 11) is 0. The number of hydrogen-bond donors (Lipinski definition) is 3. The predicted octanol–water partition coefficient (Wildman–Crippen LogP) is 4.71. The molecule has 0 bridgehead atoms. The number of carbonyl (C=O) groups excluding carboxylic acids is 1. The fourth-order valence-corrected chi connectivity index (χ4v) is 4.16. The molecule has 0 aliphatic carbocycles. The molecule has 37 heavy (non-hydrogen) atoms. The van der Waals surface area contributed by atoms with E-state index in [1.807, 2.05) is 0 Å². The molecule has 4 aromatic rings. The fraction of sp³-hybridized carbons (Fsp3) is 0.111. The molecule has 0 unspecified atom stereocenters. The minimum absolute atomic E-state index is 0.0657. The van der Waals surface area contributed by atoms with Crippen molar-refractivity contribution in [2.24, 2.45) is 0 Å². The van der Waals surface area contributed by atoms with Gasteiger partial charge in [-0.3, -0.25) is 14.6 Å². The van der Waals surface area contributed by atoms with Crippen molar-refractivity contribution >= 4 is 40.5 Å². The predicted molar refractivity (Wildman–Crippen MR) is 143 cm³/mol. The Labute approximate surface area is 222 Å². The zero-order chi connectivity index (χ0) is 26.5. The minimum atomic E-state index is -0.481. The molecule has 2 heterocycles. The number of nitrogens with zero attached hydrogens (tertiary/aromatic N) is 2. The SMILES string of the molecule is N=C(CNC(=O)c1cncc(Cc2cc(Cl)c(Cn3ccccc3=O)cc2F)c1)c1cc(Cl)ccc1N. The van der Waals surface area contributed by atoms with Crippen LogP contribution in [0.1, 0.15) is 32.6 Å². The van der Waals surface area contributed by atoms with E-state index in [4.69, 9.17) is 34.3 Å². The largest absolute Gasteiger partial charge is 0.398 e. The molecule has 1 amide bonds. The molecule has 0 aliphatic rings. The Morgan fingerprint density at radius 2 is 1.89 bits per heavy atom. The van der Waals surface area contributed by atoms with Crippen LogP contribution < -0.4 is 16.6 Å². The maximum Gasteiger partial charge on any atom is 0.253 e. The minimum Gasteiger partial charge on any atom is -0.398 e. The Balaban J connectivity index is 1.45. The van der Waals surface area contributed by atoms with Crippen molar-refractivity contribution in [3.05, 3.63) is 127 Å². The molecule has 0 aliphatic heterocycles. The molecule has 7 nitrogen and oxygen atoms in total. The van der Waals surface area contributed by atoms with Crippen LogP contribution in [0.25, 0.3) is 0 Å². The molecule has 0 fully saturated rings. The summed E-state index contributed by atoms with van der Waals surface area (Å²) in [6, 6.07) is 14.0. The molecule has 10 heteroatoms. The third-order valence-electron chi connectivity index (χ3n) is 5.67. The third-order valence-corrected chi connectivity index (χ3v) is 6.26. The maximum atomic E-state index is 14.9. The van der Waals surface area contributed by atoms with Crippen LogP contribution in [0.4, 0.5) is 10.1 Å². The zero-order valence-electron chi connectivity index (χ0n) is 19.5. The van der Waals surface area contributed by atoms with E-state index in [-0.39, 0.29) is 36.3 Å². The number of pyridine rings is 2. The quantitative estimate of drug-likeness (QED) is 0.223. The highest BCUT2D eigenvalue weighted by atomic mass is 35.5. The summed E-state index contributed by atoms with van der Waals surface area (Å²) < 4.78 is 16.4. The van der Waals surface area contributed by atoms with Crippen molar-refractivity contribution in [2.45, 2.75) is 13.0 Å². The Hall–Kier alpha value is -4.01. The molecule has 2 aromatic carbocycles. The number of rotatable bonds is 8. The van der Waals surface area contributed by atoms with Crippen LogP contribution in [0.5, 0.6) is 0 Å². The summed E-state index contributed by atoms with van der Waals surface area (Å²) in [4.78, 5) is 28.7. The van der Waals surface area contributed by atoms with Crippen LogP contribution in [-0.4, -0.2) is 27.7 Å². The van der Waals surface area contributed by atoms with Crippen LogP contribution in [-0.2, 0) is 13.0 Å². The second-order valence-electron chi connectivity index (χ2n) is 8.35. The Kier molecular flexibility index (Phi) is 8.01. The van der Waals surface area contributed by atoms with Gasteiger partial charge in [0.05, 0.1) is 24.4 Å². The number of nitrogens with one attached hydrogen (secondary N) is 2. The van der Waals surface area contributed by atoms with Gasteiger partial charge in [-0.05, 0) is 59.2 Å². The highest BCUT2D eigenvalue weighted by Gasteiger charge is 2.14. The maximum absolute atomic E-state index is 14.9. The number of aromatic nitrogens is 2. The van der Waals surface area contributed by atoms with Crippen LogP contribution in [0, 0.1) is 11.2 Å². The van der Waals surface area contributed by atoms with Gasteiger partial charge < -0.3 is 21.0 Å². The van der Waals surface area contributed by atoms with Crippen molar-refractivity contribution < 1.29 is 9.18 Å². The lowest BCUT2D eigenvalue weighted by molar-refractivity contribution is 0.0959. The number of amides is 1. The van der Waals surface area contributed by atoms with Gasteiger partial charge in [0, 0.05) is 52.4 Å². The molecule has 188 valence electrons. The number of carbonyl (C=O) groups is 1. The van der Waals surface area contributed by atoms with Crippen molar-refractivity contribution in [3.8, 4) is 0 Å². The summed E-state index contributed by atoms with van der Waals surface area (Å²) in [5, 5.41) is 11.6. The molecule has 4 N–H and O–H groups in total. The first-order valence-corrected chi connectivity index (χ1v) is 11.9. The summed E-state index contributed by atoms with van der Waals surface area (Å²) in [5.74, 6) is -0.923. The van der Waals surface area contributed by atoms with Gasteiger partial charge in [0.25, 0.3) is 11.5 Å². The Morgan fingerprint density at radius 1 is 1.08 bits per heavy atom. The van der Waals surface area contributed by atoms with Gasteiger partial charge in [-0.15, -0.1) is 0 Å². The standard InChI is InChI=1S/C27H22Cl2FN5O2/c28-20-4-5-24(31)21(11-20)25(32)14-34-27(37)18-8-16(12-33-13-18)7-17-9-22(29)19(10-23(17)30)15-35-6-2-1-3-26(35)36/h1-6,8-13,32H,7,14-15,31H2,(H,34,37). The molecule has 0 radical (unpaired) electrons. The smallest absolute Gasteiger partial charge is 0.253 e. The lowest BCUT2D eigenvalue weighted by Gasteiger charge is -2.12. The third kappa shape index (κ3) is 6.41. The molecule has 2 aromatic heterocycles. The molecule has 0 saturated heterocycles. The highest BCUT2D eigenvalue weighted by Crippen LogP contribution is 2.24. The normalized spacial score (nSPS) is 10.8. The lowest BCUT2D eigenvalue weighted by atomic mass is 10.0.